The van der Waals surface area contributed by atoms with Gasteiger partial charge in [0.15, 0.2) is 0 Å². The highest BCUT2D eigenvalue weighted by molar-refractivity contribution is 7.08. The SMILES string of the molecule is O[C@H]1CCCC[C@@H]1C#Cc1ccsc1. The number of hydrogen-bond donors (Lipinski definition) is 1. The van der Waals surface area contributed by atoms with E-state index in [0.29, 0.717) is 0 Å². The van der Waals surface area contributed by atoms with Gasteiger partial charge in [0.1, 0.15) is 0 Å². The van der Waals surface area contributed by atoms with E-state index in [9.17, 15) is 5.11 Å². The molecule has 14 heavy (non-hydrogen) atoms. The van der Waals surface area contributed by atoms with Gasteiger partial charge in [-0.1, -0.05) is 24.7 Å². The van der Waals surface area contributed by atoms with Crippen LogP contribution in [0.2, 0.25) is 0 Å². The van der Waals surface area contributed by atoms with E-state index < -0.39 is 0 Å². The lowest BCUT2D eigenvalue weighted by molar-refractivity contribution is 0.0970. The molecule has 1 aliphatic rings. The van der Waals surface area contributed by atoms with E-state index in [1.54, 1.807) is 11.3 Å². The van der Waals surface area contributed by atoms with Gasteiger partial charge in [-0.3, -0.25) is 0 Å². The molecule has 1 aromatic heterocycles. The van der Waals surface area contributed by atoms with Gasteiger partial charge >= 0.3 is 0 Å². The summed E-state index contributed by atoms with van der Waals surface area (Å²) in [6, 6.07) is 2.02. The van der Waals surface area contributed by atoms with Crippen LogP contribution in [0.15, 0.2) is 16.8 Å². The van der Waals surface area contributed by atoms with Crippen LogP contribution in [-0.2, 0) is 0 Å². The van der Waals surface area contributed by atoms with Crippen LogP contribution in [0.3, 0.4) is 0 Å². The molecule has 1 nitrogen and oxygen atoms in total. The maximum absolute atomic E-state index is 9.70. The second-order valence-corrected chi connectivity index (χ2v) is 4.52. The van der Waals surface area contributed by atoms with E-state index in [0.717, 1.165) is 24.8 Å². The van der Waals surface area contributed by atoms with Gasteiger partial charge in [0.05, 0.1) is 6.10 Å². The predicted octanol–water partition coefficient (Wildman–Crippen LogP) is 2.65. The fourth-order valence-corrected chi connectivity index (χ4v) is 2.38. The molecule has 2 rings (SSSR count). The van der Waals surface area contributed by atoms with Crippen LogP contribution in [0, 0.1) is 17.8 Å². The molecule has 0 bridgehead atoms. The number of rotatable bonds is 0. The van der Waals surface area contributed by atoms with Crippen molar-refractivity contribution < 1.29 is 5.11 Å². The second kappa shape index (κ2) is 4.63. The van der Waals surface area contributed by atoms with E-state index in [1.807, 2.05) is 16.8 Å². The van der Waals surface area contributed by atoms with Crippen molar-refractivity contribution in [3.05, 3.63) is 22.4 Å². The van der Waals surface area contributed by atoms with Gasteiger partial charge in [0, 0.05) is 16.9 Å². The standard InChI is InChI=1S/C12H14OS/c13-12-4-2-1-3-11(12)6-5-10-7-8-14-9-10/h7-9,11-13H,1-4H2/t11-,12+/m1/s1. The average molecular weight is 206 g/mol. The molecular weight excluding hydrogens is 192 g/mol. The molecule has 2 atom stereocenters. The maximum Gasteiger partial charge on any atom is 0.0677 e. The summed E-state index contributed by atoms with van der Waals surface area (Å²) in [7, 11) is 0. The molecule has 1 N–H and O–H groups in total. The van der Waals surface area contributed by atoms with E-state index >= 15 is 0 Å². The molecule has 74 valence electrons. The molecule has 0 radical (unpaired) electrons. The fourth-order valence-electron chi connectivity index (χ4n) is 1.79. The summed E-state index contributed by atoms with van der Waals surface area (Å²) < 4.78 is 0. The van der Waals surface area contributed by atoms with Gasteiger partial charge in [-0.05, 0) is 24.3 Å². The third-order valence-electron chi connectivity index (χ3n) is 2.65. The molecule has 0 saturated heterocycles. The number of aliphatic hydroxyl groups excluding tert-OH is 1. The number of hydrogen-bond acceptors (Lipinski definition) is 2. The summed E-state index contributed by atoms with van der Waals surface area (Å²) in [6.07, 6.45) is 4.13. The molecule has 1 aromatic rings. The largest absolute Gasteiger partial charge is 0.392 e. The summed E-state index contributed by atoms with van der Waals surface area (Å²) in [5.41, 5.74) is 1.08. The third-order valence-corrected chi connectivity index (χ3v) is 3.34. The maximum atomic E-state index is 9.70. The first-order chi connectivity index (χ1) is 6.86. The Morgan fingerprint density at radius 3 is 2.93 bits per heavy atom. The van der Waals surface area contributed by atoms with Gasteiger partial charge in [-0.2, -0.15) is 11.3 Å². The molecule has 1 saturated carbocycles. The summed E-state index contributed by atoms with van der Waals surface area (Å²) in [6.45, 7) is 0. The minimum absolute atomic E-state index is 0.198. The average Bonchev–Trinajstić information content (AvgIpc) is 2.69. The minimum atomic E-state index is -0.199. The summed E-state index contributed by atoms with van der Waals surface area (Å²) in [5, 5.41) is 13.8. The normalized spacial score (nSPS) is 26.6. The predicted molar refractivity (Wildman–Crippen MR) is 59.2 cm³/mol. The summed E-state index contributed by atoms with van der Waals surface area (Å²) in [4.78, 5) is 0. The van der Waals surface area contributed by atoms with Crippen molar-refractivity contribution in [3.8, 4) is 11.8 Å². The zero-order valence-electron chi connectivity index (χ0n) is 8.07. The highest BCUT2D eigenvalue weighted by atomic mass is 32.1. The Hall–Kier alpha value is -0.780. The molecule has 0 aromatic carbocycles. The lowest BCUT2D eigenvalue weighted by Gasteiger charge is -2.22. The van der Waals surface area contributed by atoms with Crippen molar-refractivity contribution in [1.82, 2.24) is 0 Å². The number of aliphatic hydroxyl groups is 1. The van der Waals surface area contributed by atoms with Crippen molar-refractivity contribution in [2.75, 3.05) is 0 Å². The monoisotopic (exact) mass is 206 g/mol. The van der Waals surface area contributed by atoms with E-state index in [-0.39, 0.29) is 12.0 Å². The first-order valence-electron chi connectivity index (χ1n) is 5.08. The molecule has 0 unspecified atom stereocenters. The Kier molecular flexibility index (Phi) is 3.23. The first-order valence-corrected chi connectivity index (χ1v) is 6.02. The Morgan fingerprint density at radius 1 is 1.36 bits per heavy atom. The van der Waals surface area contributed by atoms with Gasteiger partial charge in [0.2, 0.25) is 0 Å². The van der Waals surface area contributed by atoms with E-state index in [1.165, 1.54) is 6.42 Å². The first kappa shape index (κ1) is 9.76. The van der Waals surface area contributed by atoms with Crippen LogP contribution in [0.4, 0.5) is 0 Å². The second-order valence-electron chi connectivity index (χ2n) is 3.74. The zero-order chi connectivity index (χ0) is 9.80. The van der Waals surface area contributed by atoms with E-state index in [4.69, 9.17) is 0 Å². The van der Waals surface area contributed by atoms with Crippen LogP contribution < -0.4 is 0 Å². The fraction of sp³-hybridized carbons (Fsp3) is 0.500. The topological polar surface area (TPSA) is 20.2 Å². The van der Waals surface area contributed by atoms with Crippen LogP contribution in [0.5, 0.6) is 0 Å². The Labute approximate surface area is 88.8 Å². The molecule has 1 heterocycles. The Balaban J connectivity index is 2.01. The smallest absolute Gasteiger partial charge is 0.0677 e. The summed E-state index contributed by atoms with van der Waals surface area (Å²) >= 11 is 1.66. The number of thiophene rings is 1. The van der Waals surface area contributed by atoms with Gasteiger partial charge in [-0.25, -0.2) is 0 Å². The molecule has 1 aliphatic carbocycles. The molecular formula is C12H14OS. The van der Waals surface area contributed by atoms with E-state index in [2.05, 4.69) is 11.8 Å². The third kappa shape index (κ3) is 2.37. The molecule has 0 aliphatic heterocycles. The van der Waals surface area contributed by atoms with Crippen molar-refractivity contribution in [2.45, 2.75) is 31.8 Å². The quantitative estimate of drug-likeness (QED) is 0.647. The van der Waals surface area contributed by atoms with Crippen LogP contribution in [0.25, 0.3) is 0 Å². The lowest BCUT2D eigenvalue weighted by atomic mass is 9.87. The van der Waals surface area contributed by atoms with Crippen molar-refractivity contribution in [3.63, 3.8) is 0 Å². The lowest BCUT2D eigenvalue weighted by Crippen LogP contribution is -2.22. The molecule has 0 spiro atoms. The van der Waals surface area contributed by atoms with Crippen molar-refractivity contribution in [1.29, 1.82) is 0 Å². The van der Waals surface area contributed by atoms with Crippen LogP contribution in [-0.4, -0.2) is 11.2 Å². The van der Waals surface area contributed by atoms with Crippen molar-refractivity contribution >= 4 is 11.3 Å². The minimum Gasteiger partial charge on any atom is -0.392 e. The highest BCUT2D eigenvalue weighted by Gasteiger charge is 2.20. The zero-order valence-corrected chi connectivity index (χ0v) is 8.89. The van der Waals surface area contributed by atoms with Gasteiger partial charge < -0.3 is 5.11 Å². The Morgan fingerprint density at radius 2 is 2.21 bits per heavy atom. The van der Waals surface area contributed by atoms with Gasteiger partial charge in [0.25, 0.3) is 0 Å². The van der Waals surface area contributed by atoms with Crippen LogP contribution in [0.1, 0.15) is 31.2 Å². The van der Waals surface area contributed by atoms with Crippen LogP contribution >= 0.6 is 11.3 Å². The molecule has 0 amide bonds. The molecule has 2 heteroatoms. The Bertz CT molecular complexity index is 331. The summed E-state index contributed by atoms with van der Waals surface area (Å²) in [5.74, 6) is 6.50. The van der Waals surface area contributed by atoms with Gasteiger partial charge in [-0.15, -0.1) is 0 Å². The van der Waals surface area contributed by atoms with Crippen molar-refractivity contribution in [2.24, 2.45) is 5.92 Å². The molecule has 1 fully saturated rings. The highest BCUT2D eigenvalue weighted by Crippen LogP contribution is 2.23.